The molecule has 0 aliphatic heterocycles. The lowest BCUT2D eigenvalue weighted by Crippen LogP contribution is -1.91. The van der Waals surface area contributed by atoms with Gasteiger partial charge in [-0.2, -0.15) is 0 Å². The van der Waals surface area contributed by atoms with Gasteiger partial charge in [-0.05, 0) is 6.42 Å². The average molecular weight is 270 g/mol. The van der Waals surface area contributed by atoms with Crippen molar-refractivity contribution in [2.75, 3.05) is 5.75 Å². The van der Waals surface area contributed by atoms with Gasteiger partial charge in [-0.15, -0.1) is 6.58 Å². The molecule has 18 heavy (non-hydrogen) atoms. The van der Waals surface area contributed by atoms with E-state index in [1.54, 1.807) is 6.08 Å². The predicted octanol–water partition coefficient (Wildman–Crippen LogP) is 5.74. The summed E-state index contributed by atoms with van der Waals surface area (Å²) in [6, 6.07) is 0. The summed E-state index contributed by atoms with van der Waals surface area (Å²) in [7, 11) is 0. The van der Waals surface area contributed by atoms with Crippen LogP contribution in [-0.2, 0) is 4.79 Å². The van der Waals surface area contributed by atoms with Crippen LogP contribution in [-0.4, -0.2) is 10.9 Å². The van der Waals surface area contributed by atoms with Gasteiger partial charge in [0, 0.05) is 12.2 Å². The zero-order valence-electron chi connectivity index (χ0n) is 12.1. The largest absolute Gasteiger partial charge is 0.287 e. The van der Waals surface area contributed by atoms with Crippen molar-refractivity contribution in [3.63, 3.8) is 0 Å². The Morgan fingerprint density at radius 2 is 1.44 bits per heavy atom. The highest BCUT2D eigenvalue weighted by molar-refractivity contribution is 8.13. The fourth-order valence-corrected chi connectivity index (χ4v) is 2.76. The Kier molecular flexibility index (Phi) is 14.6. The van der Waals surface area contributed by atoms with Crippen LogP contribution in [0.15, 0.2) is 12.7 Å². The van der Waals surface area contributed by atoms with E-state index in [1.807, 2.05) is 0 Å². The lowest BCUT2D eigenvalue weighted by atomic mass is 10.1. The molecular weight excluding hydrogens is 240 g/mol. The lowest BCUT2D eigenvalue weighted by Gasteiger charge is -2.02. The van der Waals surface area contributed by atoms with Gasteiger partial charge in [0.15, 0.2) is 5.12 Å². The summed E-state index contributed by atoms with van der Waals surface area (Å²) in [5.41, 5.74) is 0. The molecule has 0 atom stereocenters. The van der Waals surface area contributed by atoms with Crippen LogP contribution in [0.2, 0.25) is 0 Å². The van der Waals surface area contributed by atoms with Gasteiger partial charge in [-0.1, -0.05) is 82.5 Å². The number of thioether (sulfide) groups is 1. The topological polar surface area (TPSA) is 17.1 Å². The molecule has 0 unspecified atom stereocenters. The van der Waals surface area contributed by atoms with E-state index in [-0.39, 0.29) is 5.12 Å². The molecule has 106 valence electrons. The summed E-state index contributed by atoms with van der Waals surface area (Å²) >= 11 is 1.47. The van der Waals surface area contributed by atoms with Gasteiger partial charge in [0.05, 0.1) is 0 Å². The Bertz CT molecular complexity index is 201. The first-order valence-electron chi connectivity index (χ1n) is 7.57. The molecule has 0 aromatic rings. The summed E-state index contributed by atoms with van der Waals surface area (Å²) in [6.07, 6.45) is 15.7. The zero-order valence-corrected chi connectivity index (χ0v) is 12.9. The molecule has 0 radical (unpaired) electrons. The minimum atomic E-state index is 0.265. The second kappa shape index (κ2) is 14.8. The maximum atomic E-state index is 11.2. The summed E-state index contributed by atoms with van der Waals surface area (Å²) in [5.74, 6) is 0.989. The van der Waals surface area contributed by atoms with E-state index in [0.717, 1.165) is 5.75 Å². The molecule has 0 aliphatic carbocycles. The van der Waals surface area contributed by atoms with E-state index in [2.05, 4.69) is 13.5 Å². The van der Waals surface area contributed by atoms with Gasteiger partial charge in [-0.3, -0.25) is 4.79 Å². The molecule has 0 aliphatic rings. The van der Waals surface area contributed by atoms with Crippen LogP contribution in [0, 0.1) is 0 Å². The number of allylic oxidation sites excluding steroid dienone is 1. The molecule has 0 aromatic heterocycles. The first-order chi connectivity index (χ1) is 8.81. The quantitative estimate of drug-likeness (QED) is 0.313. The first kappa shape index (κ1) is 17.8. The van der Waals surface area contributed by atoms with Crippen LogP contribution in [0.3, 0.4) is 0 Å². The third-order valence-corrected chi connectivity index (χ3v) is 4.05. The maximum absolute atomic E-state index is 11.2. The van der Waals surface area contributed by atoms with Crippen LogP contribution >= 0.6 is 11.8 Å². The second-order valence-electron chi connectivity index (χ2n) is 4.90. The molecule has 0 heterocycles. The summed E-state index contributed by atoms with van der Waals surface area (Å²) in [4.78, 5) is 11.2. The minimum Gasteiger partial charge on any atom is -0.287 e. The van der Waals surface area contributed by atoms with Gasteiger partial charge in [0.2, 0.25) is 0 Å². The number of hydrogen-bond donors (Lipinski definition) is 0. The van der Waals surface area contributed by atoms with Crippen molar-refractivity contribution < 1.29 is 4.79 Å². The SMILES string of the molecule is C=CCC(=O)SCCCCCCCCCCCC. The van der Waals surface area contributed by atoms with Crippen LogP contribution < -0.4 is 0 Å². The van der Waals surface area contributed by atoms with Crippen LogP contribution in [0.25, 0.3) is 0 Å². The number of carbonyl (C=O) groups excluding carboxylic acids is 1. The number of rotatable bonds is 13. The van der Waals surface area contributed by atoms with E-state index in [9.17, 15) is 4.79 Å². The lowest BCUT2D eigenvalue weighted by molar-refractivity contribution is -0.110. The Balaban J connectivity index is 3.03. The standard InChI is InChI=1S/C16H30OS/c1-3-5-6-7-8-9-10-11-12-13-15-18-16(17)14-4-2/h4H,2-3,5-15H2,1H3. The normalized spacial score (nSPS) is 10.5. The van der Waals surface area contributed by atoms with Crippen molar-refractivity contribution in [3.8, 4) is 0 Å². The molecule has 0 N–H and O–H groups in total. The first-order valence-corrected chi connectivity index (χ1v) is 8.56. The molecule has 0 bridgehead atoms. The van der Waals surface area contributed by atoms with Crippen LogP contribution in [0.4, 0.5) is 0 Å². The van der Waals surface area contributed by atoms with E-state index in [4.69, 9.17) is 0 Å². The number of carbonyl (C=O) groups is 1. The molecular formula is C16H30OS. The predicted molar refractivity (Wildman–Crippen MR) is 84.1 cm³/mol. The summed E-state index contributed by atoms with van der Waals surface area (Å²) in [6.45, 7) is 5.83. The maximum Gasteiger partial charge on any atom is 0.192 e. The van der Waals surface area contributed by atoms with E-state index in [0.29, 0.717) is 6.42 Å². The Morgan fingerprint density at radius 3 is 1.94 bits per heavy atom. The molecule has 2 heteroatoms. The van der Waals surface area contributed by atoms with Crippen molar-refractivity contribution in [2.24, 2.45) is 0 Å². The highest BCUT2D eigenvalue weighted by Crippen LogP contribution is 2.13. The Morgan fingerprint density at radius 1 is 0.944 bits per heavy atom. The van der Waals surface area contributed by atoms with Crippen molar-refractivity contribution in [1.29, 1.82) is 0 Å². The van der Waals surface area contributed by atoms with Crippen LogP contribution in [0.1, 0.15) is 77.6 Å². The number of hydrogen-bond acceptors (Lipinski definition) is 2. The van der Waals surface area contributed by atoms with E-state index < -0.39 is 0 Å². The fraction of sp³-hybridized carbons (Fsp3) is 0.812. The Labute approximate surface area is 118 Å². The van der Waals surface area contributed by atoms with Gasteiger partial charge in [0.1, 0.15) is 0 Å². The molecule has 0 spiro atoms. The minimum absolute atomic E-state index is 0.265. The van der Waals surface area contributed by atoms with Crippen molar-refractivity contribution in [3.05, 3.63) is 12.7 Å². The molecule has 1 nitrogen and oxygen atoms in total. The average Bonchev–Trinajstić information content (AvgIpc) is 2.36. The highest BCUT2D eigenvalue weighted by Gasteiger charge is 1.99. The van der Waals surface area contributed by atoms with E-state index >= 15 is 0 Å². The zero-order chi connectivity index (χ0) is 13.5. The fourth-order valence-electron chi connectivity index (χ4n) is 1.95. The van der Waals surface area contributed by atoms with Crippen molar-refractivity contribution in [1.82, 2.24) is 0 Å². The highest BCUT2D eigenvalue weighted by atomic mass is 32.2. The third-order valence-electron chi connectivity index (χ3n) is 3.07. The Hall–Kier alpha value is -0.240. The summed E-state index contributed by atoms with van der Waals surface area (Å²) < 4.78 is 0. The second-order valence-corrected chi connectivity index (χ2v) is 6.05. The van der Waals surface area contributed by atoms with Crippen molar-refractivity contribution >= 4 is 16.9 Å². The van der Waals surface area contributed by atoms with Gasteiger partial charge in [0.25, 0.3) is 0 Å². The molecule has 0 fully saturated rings. The molecule has 0 amide bonds. The number of unbranched alkanes of at least 4 members (excludes halogenated alkanes) is 9. The molecule has 0 aromatic carbocycles. The summed E-state index contributed by atoms with van der Waals surface area (Å²) in [5, 5.41) is 0.265. The van der Waals surface area contributed by atoms with Gasteiger partial charge >= 0.3 is 0 Å². The monoisotopic (exact) mass is 270 g/mol. The molecule has 0 rings (SSSR count). The molecule has 0 saturated carbocycles. The smallest absolute Gasteiger partial charge is 0.192 e. The van der Waals surface area contributed by atoms with Gasteiger partial charge in [-0.25, -0.2) is 0 Å². The van der Waals surface area contributed by atoms with Gasteiger partial charge < -0.3 is 0 Å². The molecule has 0 saturated heterocycles. The van der Waals surface area contributed by atoms with Crippen molar-refractivity contribution in [2.45, 2.75) is 77.6 Å². The van der Waals surface area contributed by atoms with E-state index in [1.165, 1.54) is 76.0 Å². The third kappa shape index (κ3) is 13.8. The van der Waals surface area contributed by atoms with Crippen LogP contribution in [0.5, 0.6) is 0 Å².